The van der Waals surface area contributed by atoms with Crippen LogP contribution in [-0.2, 0) is 4.79 Å². The molecular weight excluding hydrogens is 358 g/mol. The number of para-hydroxylation sites is 1. The third-order valence-corrected chi connectivity index (χ3v) is 4.34. The molecule has 4 aromatic rings. The molecule has 140 valence electrons. The van der Waals surface area contributed by atoms with Crippen molar-refractivity contribution in [2.75, 3.05) is 11.9 Å². The molecule has 2 N–H and O–H groups in total. The van der Waals surface area contributed by atoms with Gasteiger partial charge in [0.05, 0.1) is 5.39 Å². The number of carbonyl (C=O) groups is 1. The fraction of sp³-hybridized carbons (Fsp3) is 0.0909. The lowest BCUT2D eigenvalue weighted by atomic mass is 10.1. The monoisotopic (exact) mass is 375 g/mol. The molecule has 4 rings (SSSR count). The fourth-order valence-electron chi connectivity index (χ4n) is 2.95. The summed E-state index contributed by atoms with van der Waals surface area (Å²) >= 11 is 0. The number of ether oxygens (including phenoxy) is 1. The highest BCUT2D eigenvalue weighted by Gasteiger charge is 2.14. The molecule has 6 nitrogen and oxygen atoms in total. The maximum atomic E-state index is 12.6. The van der Waals surface area contributed by atoms with Crippen LogP contribution in [0.25, 0.3) is 21.9 Å². The number of carbonyl (C=O) groups excluding carboxylic acids is 1. The third-order valence-electron chi connectivity index (χ3n) is 4.34. The smallest absolute Gasteiger partial charge is 0.262 e. The van der Waals surface area contributed by atoms with E-state index in [9.17, 15) is 14.7 Å². The summed E-state index contributed by atoms with van der Waals surface area (Å²) < 4.78 is 11.2. The molecule has 0 aliphatic carbocycles. The van der Waals surface area contributed by atoms with Gasteiger partial charge >= 0.3 is 0 Å². The van der Waals surface area contributed by atoms with Gasteiger partial charge in [0.2, 0.25) is 5.43 Å². The summed E-state index contributed by atoms with van der Waals surface area (Å²) in [7, 11) is 0. The second kappa shape index (κ2) is 7.08. The summed E-state index contributed by atoms with van der Waals surface area (Å²) in [5, 5.41) is 13.5. The van der Waals surface area contributed by atoms with Crippen LogP contribution in [0.4, 0.5) is 5.69 Å². The lowest BCUT2D eigenvalue weighted by Gasteiger charge is -2.09. The van der Waals surface area contributed by atoms with Gasteiger partial charge < -0.3 is 19.6 Å². The standard InChI is InChI=1S/C22H17NO5/c1-13-6-8-14(9-7-13)23-20(25)12-27-15-10-17(24)21-19(11-15)28-18-5-3-2-4-16(18)22(21)26/h2-11,24H,12H2,1H3,(H,23,25). The van der Waals surface area contributed by atoms with Crippen molar-refractivity contribution in [2.45, 2.75) is 6.92 Å². The SMILES string of the molecule is Cc1ccc(NC(=O)COc2cc(O)c3c(=O)c4ccccc4oc3c2)cc1. The van der Waals surface area contributed by atoms with Crippen LogP contribution in [0.15, 0.2) is 69.9 Å². The molecule has 0 aliphatic heterocycles. The Balaban J connectivity index is 1.57. The Hall–Kier alpha value is -3.80. The maximum Gasteiger partial charge on any atom is 0.262 e. The lowest BCUT2D eigenvalue weighted by Crippen LogP contribution is -2.20. The molecular formula is C22H17NO5. The van der Waals surface area contributed by atoms with E-state index in [1.54, 1.807) is 36.4 Å². The van der Waals surface area contributed by atoms with Crippen LogP contribution in [0, 0.1) is 6.92 Å². The number of anilines is 1. The van der Waals surface area contributed by atoms with Gasteiger partial charge in [0.1, 0.15) is 28.1 Å². The first-order valence-corrected chi connectivity index (χ1v) is 8.69. The van der Waals surface area contributed by atoms with Crippen LogP contribution in [0.2, 0.25) is 0 Å². The zero-order valence-electron chi connectivity index (χ0n) is 15.1. The Labute approximate surface area is 160 Å². The predicted molar refractivity (Wildman–Crippen MR) is 107 cm³/mol. The number of phenols is 1. The number of fused-ring (bicyclic) bond motifs is 2. The predicted octanol–water partition coefficient (Wildman–Crippen LogP) is 3.98. The van der Waals surface area contributed by atoms with Crippen molar-refractivity contribution >= 4 is 33.5 Å². The Morgan fingerprint density at radius 3 is 2.61 bits per heavy atom. The molecule has 1 amide bonds. The van der Waals surface area contributed by atoms with E-state index >= 15 is 0 Å². The molecule has 0 aliphatic rings. The van der Waals surface area contributed by atoms with Gasteiger partial charge in [0.25, 0.3) is 5.91 Å². The van der Waals surface area contributed by atoms with Crippen LogP contribution < -0.4 is 15.5 Å². The van der Waals surface area contributed by atoms with E-state index < -0.39 is 0 Å². The first kappa shape index (κ1) is 17.6. The van der Waals surface area contributed by atoms with E-state index in [1.165, 1.54) is 12.1 Å². The molecule has 6 heteroatoms. The first-order valence-electron chi connectivity index (χ1n) is 8.69. The maximum absolute atomic E-state index is 12.6. The summed E-state index contributed by atoms with van der Waals surface area (Å²) in [4.78, 5) is 24.7. The average Bonchev–Trinajstić information content (AvgIpc) is 2.68. The number of hydrogen-bond donors (Lipinski definition) is 2. The normalized spacial score (nSPS) is 10.9. The van der Waals surface area contributed by atoms with Crippen molar-refractivity contribution < 1.29 is 19.1 Å². The third kappa shape index (κ3) is 3.40. The molecule has 0 bridgehead atoms. The number of benzene rings is 3. The van der Waals surface area contributed by atoms with Gasteiger partial charge in [-0.1, -0.05) is 29.8 Å². The van der Waals surface area contributed by atoms with Crippen molar-refractivity contribution in [2.24, 2.45) is 0 Å². The van der Waals surface area contributed by atoms with E-state index in [-0.39, 0.29) is 40.4 Å². The zero-order chi connectivity index (χ0) is 19.7. The molecule has 0 atom stereocenters. The molecule has 0 unspecified atom stereocenters. The van der Waals surface area contributed by atoms with Crippen molar-refractivity contribution in [1.82, 2.24) is 0 Å². The van der Waals surface area contributed by atoms with Crippen LogP contribution in [0.5, 0.6) is 11.5 Å². The molecule has 1 aromatic heterocycles. The summed E-state index contributed by atoms with van der Waals surface area (Å²) in [6.45, 7) is 1.71. The zero-order valence-corrected chi connectivity index (χ0v) is 15.1. The number of phenolic OH excluding ortho intramolecular Hbond substituents is 1. The van der Waals surface area contributed by atoms with Crippen molar-refractivity contribution in [3.8, 4) is 11.5 Å². The van der Waals surface area contributed by atoms with Gasteiger partial charge in [0, 0.05) is 17.8 Å². The van der Waals surface area contributed by atoms with Crippen LogP contribution in [-0.4, -0.2) is 17.6 Å². The highest BCUT2D eigenvalue weighted by molar-refractivity contribution is 5.94. The minimum Gasteiger partial charge on any atom is -0.507 e. The quantitative estimate of drug-likeness (QED) is 0.527. The minimum absolute atomic E-state index is 0.0788. The second-order valence-corrected chi connectivity index (χ2v) is 6.45. The second-order valence-electron chi connectivity index (χ2n) is 6.45. The van der Waals surface area contributed by atoms with E-state index in [4.69, 9.17) is 9.15 Å². The minimum atomic E-state index is -0.344. The molecule has 0 spiro atoms. The van der Waals surface area contributed by atoms with E-state index in [2.05, 4.69) is 5.32 Å². The van der Waals surface area contributed by atoms with Crippen LogP contribution >= 0.6 is 0 Å². The summed E-state index contributed by atoms with van der Waals surface area (Å²) in [6.07, 6.45) is 0. The number of rotatable bonds is 4. The molecule has 0 saturated heterocycles. The number of aromatic hydroxyl groups is 1. The highest BCUT2D eigenvalue weighted by atomic mass is 16.5. The van der Waals surface area contributed by atoms with E-state index in [0.717, 1.165) is 5.56 Å². The van der Waals surface area contributed by atoms with Gasteiger partial charge in [0.15, 0.2) is 6.61 Å². The number of hydrogen-bond acceptors (Lipinski definition) is 5. The fourth-order valence-corrected chi connectivity index (χ4v) is 2.95. The number of amides is 1. The van der Waals surface area contributed by atoms with Crippen molar-refractivity contribution in [3.63, 3.8) is 0 Å². The van der Waals surface area contributed by atoms with Crippen molar-refractivity contribution in [1.29, 1.82) is 0 Å². The molecule has 1 heterocycles. The van der Waals surface area contributed by atoms with Crippen LogP contribution in [0.1, 0.15) is 5.56 Å². The Morgan fingerprint density at radius 1 is 1.07 bits per heavy atom. The lowest BCUT2D eigenvalue weighted by molar-refractivity contribution is -0.118. The Bertz CT molecular complexity index is 1240. The highest BCUT2D eigenvalue weighted by Crippen LogP contribution is 2.30. The molecule has 0 saturated carbocycles. The number of aryl methyl sites for hydroxylation is 1. The van der Waals surface area contributed by atoms with Gasteiger partial charge in [-0.25, -0.2) is 0 Å². The van der Waals surface area contributed by atoms with E-state index in [0.29, 0.717) is 16.7 Å². The van der Waals surface area contributed by atoms with Gasteiger partial charge in [-0.3, -0.25) is 9.59 Å². The molecule has 3 aromatic carbocycles. The molecule has 0 fully saturated rings. The molecule has 28 heavy (non-hydrogen) atoms. The summed E-state index contributed by atoms with van der Waals surface area (Å²) in [5.74, 6) is -0.378. The largest absolute Gasteiger partial charge is 0.507 e. The van der Waals surface area contributed by atoms with Gasteiger partial charge in [-0.15, -0.1) is 0 Å². The summed E-state index contributed by atoms with van der Waals surface area (Å²) in [5.41, 5.74) is 2.04. The average molecular weight is 375 g/mol. The Kier molecular flexibility index (Phi) is 4.45. The first-order chi connectivity index (χ1) is 13.5. The van der Waals surface area contributed by atoms with E-state index in [1.807, 2.05) is 19.1 Å². The van der Waals surface area contributed by atoms with Crippen molar-refractivity contribution in [3.05, 3.63) is 76.5 Å². The van der Waals surface area contributed by atoms with Gasteiger partial charge in [-0.05, 0) is 31.2 Å². The van der Waals surface area contributed by atoms with Gasteiger partial charge in [-0.2, -0.15) is 0 Å². The number of nitrogens with one attached hydrogen (secondary N) is 1. The molecule has 0 radical (unpaired) electrons. The summed E-state index contributed by atoms with van der Waals surface area (Å²) in [6, 6.07) is 17.0. The van der Waals surface area contributed by atoms with Crippen LogP contribution in [0.3, 0.4) is 0 Å². The topological polar surface area (TPSA) is 88.8 Å². The Morgan fingerprint density at radius 2 is 1.82 bits per heavy atom.